The molecule has 0 bridgehead atoms. The Morgan fingerprint density at radius 2 is 1.62 bits per heavy atom. The maximum Gasteiger partial charge on any atom is 0.0518 e. The highest BCUT2D eigenvalue weighted by atomic mass is 16.5. The smallest absolute Gasteiger partial charge is 0.0518 e. The first-order valence-corrected chi connectivity index (χ1v) is 5.07. The third-order valence-corrected chi connectivity index (χ3v) is 2.92. The van der Waals surface area contributed by atoms with Gasteiger partial charge in [0.15, 0.2) is 0 Å². The van der Waals surface area contributed by atoms with E-state index in [1.54, 1.807) is 0 Å². The van der Waals surface area contributed by atoms with Crippen molar-refractivity contribution in [3.05, 3.63) is 0 Å². The SMILES string of the molecule is CC(C)OCCC(C)(C)C(C)(C)N. The lowest BCUT2D eigenvalue weighted by Gasteiger charge is -2.38. The molecule has 0 radical (unpaired) electrons. The Labute approximate surface area is 82.8 Å². The summed E-state index contributed by atoms with van der Waals surface area (Å²) >= 11 is 0. The van der Waals surface area contributed by atoms with Crippen LogP contribution in [0.5, 0.6) is 0 Å². The molecular formula is C11H25NO. The summed E-state index contributed by atoms with van der Waals surface area (Å²) < 4.78 is 5.52. The van der Waals surface area contributed by atoms with Gasteiger partial charge in [-0.1, -0.05) is 13.8 Å². The van der Waals surface area contributed by atoms with Crippen molar-refractivity contribution >= 4 is 0 Å². The minimum Gasteiger partial charge on any atom is -0.379 e. The quantitative estimate of drug-likeness (QED) is 0.718. The van der Waals surface area contributed by atoms with E-state index in [0.717, 1.165) is 13.0 Å². The summed E-state index contributed by atoms with van der Waals surface area (Å²) in [6, 6.07) is 0. The largest absolute Gasteiger partial charge is 0.379 e. The van der Waals surface area contributed by atoms with Gasteiger partial charge in [-0.2, -0.15) is 0 Å². The average Bonchev–Trinajstić information content (AvgIpc) is 1.82. The van der Waals surface area contributed by atoms with Crippen molar-refractivity contribution in [1.29, 1.82) is 0 Å². The van der Waals surface area contributed by atoms with Gasteiger partial charge in [0.2, 0.25) is 0 Å². The van der Waals surface area contributed by atoms with Crippen molar-refractivity contribution < 1.29 is 4.74 Å². The van der Waals surface area contributed by atoms with E-state index < -0.39 is 0 Å². The fourth-order valence-electron chi connectivity index (χ4n) is 0.872. The van der Waals surface area contributed by atoms with Crippen molar-refractivity contribution in [2.75, 3.05) is 6.61 Å². The van der Waals surface area contributed by atoms with Gasteiger partial charge in [-0.3, -0.25) is 0 Å². The van der Waals surface area contributed by atoms with Crippen molar-refractivity contribution in [3.8, 4) is 0 Å². The fraction of sp³-hybridized carbons (Fsp3) is 1.00. The highest BCUT2D eigenvalue weighted by Gasteiger charge is 2.32. The topological polar surface area (TPSA) is 35.2 Å². The molecule has 0 aromatic heterocycles. The highest BCUT2D eigenvalue weighted by molar-refractivity contribution is 4.89. The summed E-state index contributed by atoms with van der Waals surface area (Å²) in [5.74, 6) is 0. The first-order chi connectivity index (χ1) is 5.67. The first kappa shape index (κ1) is 12.9. The van der Waals surface area contributed by atoms with Crippen LogP contribution in [-0.2, 0) is 4.74 Å². The monoisotopic (exact) mass is 187 g/mol. The Morgan fingerprint density at radius 3 is 1.92 bits per heavy atom. The summed E-state index contributed by atoms with van der Waals surface area (Å²) in [6.07, 6.45) is 1.32. The maximum atomic E-state index is 6.07. The molecule has 2 nitrogen and oxygen atoms in total. The molecule has 0 heterocycles. The second kappa shape index (κ2) is 4.43. The van der Waals surface area contributed by atoms with Gasteiger partial charge in [-0.05, 0) is 39.5 Å². The highest BCUT2D eigenvalue weighted by Crippen LogP contribution is 2.31. The van der Waals surface area contributed by atoms with Crippen LogP contribution in [0.3, 0.4) is 0 Å². The molecule has 2 heteroatoms. The van der Waals surface area contributed by atoms with Crippen LogP contribution >= 0.6 is 0 Å². The Hall–Kier alpha value is -0.0800. The summed E-state index contributed by atoms with van der Waals surface area (Å²) in [7, 11) is 0. The van der Waals surface area contributed by atoms with E-state index in [0.29, 0.717) is 6.10 Å². The number of rotatable bonds is 5. The van der Waals surface area contributed by atoms with Crippen LogP contribution in [0.4, 0.5) is 0 Å². The van der Waals surface area contributed by atoms with Gasteiger partial charge in [0, 0.05) is 12.1 Å². The zero-order chi connectivity index (χ0) is 10.7. The van der Waals surface area contributed by atoms with Gasteiger partial charge in [0.1, 0.15) is 0 Å². The van der Waals surface area contributed by atoms with Gasteiger partial charge < -0.3 is 10.5 Å². The second-order valence-electron chi connectivity index (χ2n) is 5.28. The van der Waals surface area contributed by atoms with Crippen molar-refractivity contribution in [1.82, 2.24) is 0 Å². The maximum absolute atomic E-state index is 6.07. The standard InChI is InChI=1S/C11H25NO/c1-9(2)13-8-7-10(3,4)11(5,6)12/h9H,7-8,12H2,1-6H3. The molecule has 0 saturated carbocycles. The van der Waals surface area contributed by atoms with Crippen LogP contribution in [0.1, 0.15) is 48.0 Å². The molecule has 0 spiro atoms. The molecule has 0 amide bonds. The molecule has 0 fully saturated rings. The molecule has 0 atom stereocenters. The van der Waals surface area contributed by atoms with Crippen LogP contribution < -0.4 is 5.73 Å². The van der Waals surface area contributed by atoms with E-state index >= 15 is 0 Å². The molecule has 0 aliphatic carbocycles. The van der Waals surface area contributed by atoms with Gasteiger partial charge in [-0.15, -0.1) is 0 Å². The van der Waals surface area contributed by atoms with Crippen molar-refractivity contribution in [2.45, 2.75) is 59.6 Å². The van der Waals surface area contributed by atoms with E-state index in [2.05, 4.69) is 41.5 Å². The second-order valence-corrected chi connectivity index (χ2v) is 5.28. The molecule has 0 aliphatic heterocycles. The van der Waals surface area contributed by atoms with Crippen LogP contribution in [0.15, 0.2) is 0 Å². The Balaban J connectivity index is 3.90. The van der Waals surface area contributed by atoms with Crippen LogP contribution in [0.25, 0.3) is 0 Å². The van der Waals surface area contributed by atoms with Gasteiger partial charge in [0.25, 0.3) is 0 Å². The van der Waals surface area contributed by atoms with Crippen molar-refractivity contribution in [2.24, 2.45) is 11.1 Å². The zero-order valence-corrected chi connectivity index (χ0v) is 9.98. The van der Waals surface area contributed by atoms with Gasteiger partial charge in [-0.25, -0.2) is 0 Å². The lowest BCUT2D eigenvalue weighted by atomic mass is 9.73. The molecule has 0 unspecified atom stereocenters. The van der Waals surface area contributed by atoms with Gasteiger partial charge >= 0.3 is 0 Å². The molecule has 0 saturated heterocycles. The summed E-state index contributed by atoms with van der Waals surface area (Å²) in [5.41, 5.74) is 6.06. The van der Waals surface area contributed by atoms with Gasteiger partial charge in [0.05, 0.1) is 6.10 Å². The average molecular weight is 187 g/mol. The third-order valence-electron chi connectivity index (χ3n) is 2.92. The van der Waals surface area contributed by atoms with E-state index in [4.69, 9.17) is 10.5 Å². The Morgan fingerprint density at radius 1 is 1.15 bits per heavy atom. The number of nitrogens with two attached hydrogens (primary N) is 1. The zero-order valence-electron chi connectivity index (χ0n) is 9.98. The fourth-order valence-corrected chi connectivity index (χ4v) is 0.872. The number of ether oxygens (including phenoxy) is 1. The van der Waals surface area contributed by atoms with E-state index in [-0.39, 0.29) is 11.0 Å². The van der Waals surface area contributed by atoms with E-state index in [9.17, 15) is 0 Å². The molecule has 0 aromatic rings. The van der Waals surface area contributed by atoms with Crippen LogP contribution in [0.2, 0.25) is 0 Å². The third kappa shape index (κ3) is 4.63. The number of hydrogen-bond donors (Lipinski definition) is 1. The summed E-state index contributed by atoms with van der Waals surface area (Å²) in [5, 5.41) is 0. The molecule has 0 aromatic carbocycles. The van der Waals surface area contributed by atoms with E-state index in [1.807, 2.05) is 0 Å². The summed E-state index contributed by atoms with van der Waals surface area (Å²) in [6.45, 7) is 13.4. The van der Waals surface area contributed by atoms with Crippen molar-refractivity contribution in [3.63, 3.8) is 0 Å². The lowest BCUT2D eigenvalue weighted by molar-refractivity contribution is 0.0422. The molecule has 0 aliphatic rings. The van der Waals surface area contributed by atoms with Crippen LogP contribution in [0, 0.1) is 5.41 Å². The summed E-state index contributed by atoms with van der Waals surface area (Å²) in [4.78, 5) is 0. The molecular weight excluding hydrogens is 162 g/mol. The molecule has 80 valence electrons. The first-order valence-electron chi connectivity index (χ1n) is 5.07. The van der Waals surface area contributed by atoms with E-state index in [1.165, 1.54) is 0 Å². The predicted octanol–water partition coefficient (Wildman–Crippen LogP) is 2.57. The normalized spacial score (nSPS) is 13.8. The Bertz CT molecular complexity index is 145. The Kier molecular flexibility index (Phi) is 4.40. The van der Waals surface area contributed by atoms with Crippen LogP contribution in [-0.4, -0.2) is 18.2 Å². The minimum atomic E-state index is -0.145. The molecule has 0 rings (SSSR count). The lowest BCUT2D eigenvalue weighted by Crippen LogP contribution is -2.47. The predicted molar refractivity (Wildman–Crippen MR) is 57.8 cm³/mol. The molecule has 2 N–H and O–H groups in total. The minimum absolute atomic E-state index is 0.127. The molecule has 13 heavy (non-hydrogen) atoms. The number of hydrogen-bond acceptors (Lipinski definition) is 2.